The predicted octanol–water partition coefficient (Wildman–Crippen LogP) is 4.03. The normalized spacial score (nSPS) is 21.0. The molecule has 2 heterocycles. The third-order valence-corrected chi connectivity index (χ3v) is 4.90. The number of fused-ring (bicyclic) bond motifs is 1. The van der Waals surface area contributed by atoms with Gasteiger partial charge in [0, 0.05) is 24.4 Å². The first-order valence-electron chi connectivity index (χ1n) is 8.28. The Morgan fingerprint density at radius 2 is 1.75 bits per heavy atom. The van der Waals surface area contributed by atoms with Gasteiger partial charge in [0.1, 0.15) is 11.3 Å². The van der Waals surface area contributed by atoms with Crippen LogP contribution in [0.1, 0.15) is 17.2 Å². The van der Waals surface area contributed by atoms with Crippen LogP contribution in [0.25, 0.3) is 11.0 Å². The molecule has 0 radical (unpaired) electrons. The number of nitrogens with zero attached hydrogens (tertiary/aromatic N) is 1. The quantitative estimate of drug-likeness (QED) is 0.778. The molecule has 2 N–H and O–H groups in total. The van der Waals surface area contributed by atoms with Crippen molar-refractivity contribution in [3.8, 4) is 0 Å². The molecule has 0 saturated carbocycles. The highest BCUT2D eigenvalue weighted by Crippen LogP contribution is 2.33. The number of likely N-dealkylation sites (tertiary alicyclic amines) is 1. The Hall–Kier alpha value is -1.81. The van der Waals surface area contributed by atoms with Crippen molar-refractivity contribution < 1.29 is 4.42 Å². The van der Waals surface area contributed by atoms with Crippen LogP contribution >= 0.6 is 12.4 Å². The largest absolute Gasteiger partial charge is 0.460 e. The minimum atomic E-state index is 0. The van der Waals surface area contributed by atoms with Gasteiger partial charge in [-0.05, 0) is 30.2 Å². The smallest absolute Gasteiger partial charge is 0.134 e. The molecule has 4 rings (SSSR count). The summed E-state index contributed by atoms with van der Waals surface area (Å²) >= 11 is 0. The molecule has 1 aliphatic rings. The highest BCUT2D eigenvalue weighted by molar-refractivity contribution is 5.85. The zero-order valence-electron chi connectivity index (χ0n) is 13.6. The molecule has 0 amide bonds. The Morgan fingerprint density at radius 1 is 1.00 bits per heavy atom. The maximum absolute atomic E-state index is 6.03. The highest BCUT2D eigenvalue weighted by Gasteiger charge is 2.33. The first-order chi connectivity index (χ1) is 11.3. The summed E-state index contributed by atoms with van der Waals surface area (Å²) in [6.07, 6.45) is 0. The summed E-state index contributed by atoms with van der Waals surface area (Å²) in [5.74, 6) is 2.07. The van der Waals surface area contributed by atoms with Crippen molar-refractivity contribution in [2.75, 3.05) is 19.6 Å². The third kappa shape index (κ3) is 3.34. The Bertz CT molecular complexity index is 753. The van der Waals surface area contributed by atoms with Crippen molar-refractivity contribution in [1.82, 2.24) is 4.90 Å². The van der Waals surface area contributed by atoms with E-state index < -0.39 is 0 Å². The number of para-hydroxylation sites is 1. The monoisotopic (exact) mass is 342 g/mol. The number of rotatable bonds is 4. The van der Waals surface area contributed by atoms with Gasteiger partial charge >= 0.3 is 0 Å². The first kappa shape index (κ1) is 17.0. The van der Waals surface area contributed by atoms with E-state index in [0.29, 0.717) is 11.8 Å². The van der Waals surface area contributed by atoms with E-state index in [1.54, 1.807) is 0 Å². The number of hydrogen-bond acceptors (Lipinski definition) is 3. The van der Waals surface area contributed by atoms with E-state index in [1.165, 1.54) is 10.9 Å². The summed E-state index contributed by atoms with van der Waals surface area (Å²) in [5, 5.41) is 1.18. The maximum Gasteiger partial charge on any atom is 0.134 e. The number of hydrogen-bond donors (Lipinski definition) is 1. The van der Waals surface area contributed by atoms with Crippen LogP contribution in [-0.2, 0) is 6.54 Å². The lowest BCUT2D eigenvalue weighted by atomic mass is 9.89. The molecule has 1 fully saturated rings. The fraction of sp³-hybridized carbons (Fsp3) is 0.300. The van der Waals surface area contributed by atoms with Crippen LogP contribution < -0.4 is 5.73 Å². The van der Waals surface area contributed by atoms with Crippen LogP contribution in [0.2, 0.25) is 0 Å². The van der Waals surface area contributed by atoms with Gasteiger partial charge in [-0.25, -0.2) is 0 Å². The number of nitrogens with two attached hydrogens (primary N) is 1. The molecule has 0 unspecified atom stereocenters. The molecule has 2 aromatic carbocycles. The summed E-state index contributed by atoms with van der Waals surface area (Å²) in [7, 11) is 0. The van der Waals surface area contributed by atoms with Crippen LogP contribution in [0, 0.1) is 5.92 Å². The average molecular weight is 343 g/mol. The van der Waals surface area contributed by atoms with E-state index in [-0.39, 0.29) is 12.4 Å². The second-order valence-corrected chi connectivity index (χ2v) is 6.46. The van der Waals surface area contributed by atoms with Crippen molar-refractivity contribution in [3.05, 3.63) is 72.0 Å². The van der Waals surface area contributed by atoms with Gasteiger partial charge in [0.05, 0.1) is 6.54 Å². The fourth-order valence-electron chi connectivity index (χ4n) is 3.74. The summed E-state index contributed by atoms with van der Waals surface area (Å²) in [4.78, 5) is 2.47. The van der Waals surface area contributed by atoms with Gasteiger partial charge in [0.2, 0.25) is 0 Å². The Balaban J connectivity index is 0.00000169. The standard InChI is InChI=1S/C20H22N2O.ClH/c21-11-17-12-22(14-19(17)15-6-2-1-3-7-15)13-18-10-16-8-4-5-9-20(16)23-18;/h1-10,17,19H,11-14,21H2;1H/t17-,19+;/m1./s1. The second kappa shape index (κ2) is 7.39. The molecule has 4 heteroatoms. The molecule has 3 nitrogen and oxygen atoms in total. The lowest BCUT2D eigenvalue weighted by Crippen LogP contribution is -2.23. The third-order valence-electron chi connectivity index (χ3n) is 4.90. The van der Waals surface area contributed by atoms with Crippen LogP contribution in [0.5, 0.6) is 0 Å². The van der Waals surface area contributed by atoms with Gasteiger partial charge in [-0.2, -0.15) is 0 Å². The van der Waals surface area contributed by atoms with Crippen LogP contribution in [0.4, 0.5) is 0 Å². The topological polar surface area (TPSA) is 42.4 Å². The van der Waals surface area contributed by atoms with E-state index >= 15 is 0 Å². The molecule has 2 atom stereocenters. The molecule has 24 heavy (non-hydrogen) atoms. The number of benzene rings is 2. The molecule has 1 aromatic heterocycles. The first-order valence-corrected chi connectivity index (χ1v) is 8.28. The molecule has 126 valence electrons. The molecule has 1 aliphatic heterocycles. The van der Waals surface area contributed by atoms with Crippen LogP contribution in [0.15, 0.2) is 65.1 Å². The zero-order chi connectivity index (χ0) is 15.6. The van der Waals surface area contributed by atoms with Gasteiger partial charge in [-0.1, -0.05) is 48.5 Å². The van der Waals surface area contributed by atoms with Crippen molar-refractivity contribution in [1.29, 1.82) is 0 Å². The fourth-order valence-corrected chi connectivity index (χ4v) is 3.74. The number of halogens is 1. The van der Waals surface area contributed by atoms with E-state index in [9.17, 15) is 0 Å². The van der Waals surface area contributed by atoms with E-state index in [1.807, 2.05) is 18.2 Å². The van der Waals surface area contributed by atoms with Crippen molar-refractivity contribution in [2.45, 2.75) is 12.5 Å². The minimum Gasteiger partial charge on any atom is -0.460 e. The van der Waals surface area contributed by atoms with Crippen molar-refractivity contribution in [3.63, 3.8) is 0 Å². The van der Waals surface area contributed by atoms with E-state index in [2.05, 4.69) is 47.4 Å². The lowest BCUT2D eigenvalue weighted by molar-refractivity contribution is 0.290. The van der Waals surface area contributed by atoms with E-state index in [0.717, 1.165) is 37.5 Å². The predicted molar refractivity (Wildman–Crippen MR) is 100 cm³/mol. The van der Waals surface area contributed by atoms with E-state index in [4.69, 9.17) is 10.2 Å². The summed E-state index contributed by atoms with van der Waals surface area (Å²) in [6.45, 7) is 3.67. The molecular weight excluding hydrogens is 320 g/mol. The van der Waals surface area contributed by atoms with Crippen LogP contribution in [0.3, 0.4) is 0 Å². The Morgan fingerprint density at radius 3 is 2.50 bits per heavy atom. The zero-order valence-corrected chi connectivity index (χ0v) is 14.4. The highest BCUT2D eigenvalue weighted by atomic mass is 35.5. The summed E-state index contributed by atoms with van der Waals surface area (Å²) in [5.41, 5.74) is 8.40. The van der Waals surface area contributed by atoms with Gasteiger partial charge in [0.15, 0.2) is 0 Å². The average Bonchev–Trinajstić information content (AvgIpc) is 3.19. The molecule has 0 bridgehead atoms. The molecule has 1 saturated heterocycles. The minimum absolute atomic E-state index is 0. The molecule has 0 spiro atoms. The summed E-state index contributed by atoms with van der Waals surface area (Å²) in [6, 6.07) is 21.1. The molecular formula is C20H23ClN2O. The van der Waals surface area contributed by atoms with Gasteiger partial charge < -0.3 is 10.2 Å². The maximum atomic E-state index is 6.03. The molecule has 0 aliphatic carbocycles. The molecule has 3 aromatic rings. The van der Waals surface area contributed by atoms with Gasteiger partial charge in [-0.15, -0.1) is 12.4 Å². The number of furan rings is 1. The van der Waals surface area contributed by atoms with Crippen molar-refractivity contribution in [2.24, 2.45) is 11.7 Å². The second-order valence-electron chi connectivity index (χ2n) is 6.46. The SMILES string of the molecule is Cl.NC[C@@H]1CN(Cc2cc3ccccc3o2)C[C@H]1c1ccccc1. The summed E-state index contributed by atoms with van der Waals surface area (Å²) < 4.78 is 5.97. The van der Waals surface area contributed by atoms with Crippen molar-refractivity contribution >= 4 is 23.4 Å². The Labute approximate surface area is 148 Å². The van der Waals surface area contributed by atoms with Gasteiger partial charge in [0.25, 0.3) is 0 Å². The van der Waals surface area contributed by atoms with Gasteiger partial charge in [-0.3, -0.25) is 4.90 Å². The lowest BCUT2D eigenvalue weighted by Gasteiger charge is -2.16. The Kier molecular flexibility index (Phi) is 5.24. The van der Waals surface area contributed by atoms with Crippen LogP contribution in [-0.4, -0.2) is 24.5 Å².